The van der Waals surface area contributed by atoms with Gasteiger partial charge in [0.25, 0.3) is 0 Å². The largest absolute Gasteiger partial charge is 0.491 e. The maximum atomic E-state index is 14.0. The van der Waals surface area contributed by atoms with Crippen molar-refractivity contribution in [2.75, 3.05) is 45.8 Å². The third-order valence-electron chi connectivity index (χ3n) is 10.8. The number of piperidine rings is 2. The molecule has 3 aliphatic rings. The van der Waals surface area contributed by atoms with Crippen LogP contribution in [0.15, 0.2) is 42.5 Å². The number of aryl methyl sites for hydroxylation is 2. The van der Waals surface area contributed by atoms with Gasteiger partial charge >= 0.3 is 0 Å². The zero-order valence-corrected chi connectivity index (χ0v) is 28.3. The van der Waals surface area contributed by atoms with Crippen LogP contribution >= 0.6 is 0 Å². The molecule has 0 spiro atoms. The molecule has 2 aromatic rings. The smallest absolute Gasteiger partial charge is 0.227 e. The van der Waals surface area contributed by atoms with Gasteiger partial charge in [-0.2, -0.15) is 0 Å². The monoisotopic (exact) mass is 601 g/mol. The summed E-state index contributed by atoms with van der Waals surface area (Å²) in [6, 6.07) is 16.2. The first-order valence-corrected chi connectivity index (χ1v) is 18.0. The first-order valence-electron chi connectivity index (χ1n) is 18.0. The first-order chi connectivity index (χ1) is 21.4. The molecule has 0 unspecified atom stereocenters. The summed E-state index contributed by atoms with van der Waals surface area (Å²) in [7, 11) is 0. The molecule has 242 valence electrons. The third-order valence-corrected chi connectivity index (χ3v) is 10.8. The molecule has 44 heavy (non-hydrogen) atoms. The molecule has 0 bridgehead atoms. The number of carbonyl (C=O) groups excluding carboxylic acids is 1. The van der Waals surface area contributed by atoms with Gasteiger partial charge in [0.05, 0.1) is 12.5 Å². The van der Waals surface area contributed by atoms with Crippen LogP contribution in [0.3, 0.4) is 0 Å². The third kappa shape index (κ3) is 8.46. The highest BCUT2D eigenvalue weighted by Gasteiger charge is 2.38. The van der Waals surface area contributed by atoms with Crippen molar-refractivity contribution < 1.29 is 9.53 Å². The topological polar surface area (TPSA) is 36.0 Å². The minimum atomic E-state index is -0.00529. The van der Waals surface area contributed by atoms with Crippen molar-refractivity contribution >= 4 is 5.91 Å². The molecule has 3 aliphatic heterocycles. The van der Waals surface area contributed by atoms with E-state index >= 15 is 0 Å². The summed E-state index contributed by atoms with van der Waals surface area (Å²) in [5.74, 6) is 1.10. The van der Waals surface area contributed by atoms with Gasteiger partial charge in [0.15, 0.2) is 0 Å². The van der Waals surface area contributed by atoms with Gasteiger partial charge in [0.1, 0.15) is 5.75 Å². The Bertz CT molecular complexity index is 1200. The fraction of sp³-hybridized carbons (Fsp3) is 0.667. The lowest BCUT2D eigenvalue weighted by Crippen LogP contribution is -2.48. The maximum Gasteiger partial charge on any atom is 0.227 e. The normalized spacial score (nSPS) is 22.7. The zero-order chi connectivity index (χ0) is 30.9. The van der Waals surface area contributed by atoms with Crippen LogP contribution < -0.4 is 4.74 Å². The lowest BCUT2D eigenvalue weighted by molar-refractivity contribution is -0.131. The van der Waals surface area contributed by atoms with Gasteiger partial charge in [0.2, 0.25) is 5.91 Å². The average Bonchev–Trinajstić information content (AvgIpc) is 3.28. The molecule has 0 aliphatic carbocycles. The highest BCUT2D eigenvalue weighted by Crippen LogP contribution is 2.39. The highest BCUT2D eigenvalue weighted by molar-refractivity contribution is 5.79. The Morgan fingerprint density at radius 2 is 1.64 bits per heavy atom. The van der Waals surface area contributed by atoms with E-state index in [0.29, 0.717) is 6.42 Å². The summed E-state index contributed by atoms with van der Waals surface area (Å²) in [5, 5.41) is 0. The van der Waals surface area contributed by atoms with Crippen molar-refractivity contribution in [2.24, 2.45) is 0 Å². The average molecular weight is 602 g/mol. The molecule has 2 aromatic carbocycles. The SMILES string of the molecule is CCc1ccc([C@@]2(CCN3CCC(N4CCCCC4)CC3)CCCCN(C(=O)Cc3cccc(OC(C)C)c3)C2)cc1CC. The molecule has 5 rings (SSSR count). The number of ether oxygens (including phenoxy) is 1. The van der Waals surface area contributed by atoms with Crippen LogP contribution in [-0.2, 0) is 29.5 Å². The van der Waals surface area contributed by atoms with E-state index in [1.165, 1.54) is 81.4 Å². The summed E-state index contributed by atoms with van der Waals surface area (Å²) < 4.78 is 5.93. The molecule has 5 heteroatoms. The Hall–Kier alpha value is -2.37. The lowest BCUT2D eigenvalue weighted by atomic mass is 9.72. The number of likely N-dealkylation sites (tertiary alicyclic amines) is 3. The summed E-state index contributed by atoms with van der Waals surface area (Å²) in [6.07, 6.45) is 14.0. The van der Waals surface area contributed by atoms with Gasteiger partial charge in [-0.25, -0.2) is 0 Å². The predicted octanol–water partition coefficient (Wildman–Crippen LogP) is 7.43. The van der Waals surface area contributed by atoms with Gasteiger partial charge in [-0.1, -0.05) is 57.0 Å². The fourth-order valence-electron chi connectivity index (χ4n) is 8.17. The van der Waals surface area contributed by atoms with Crippen LogP contribution in [0.5, 0.6) is 5.75 Å². The molecule has 1 amide bonds. The van der Waals surface area contributed by atoms with Crippen molar-refractivity contribution in [3.8, 4) is 5.75 Å². The zero-order valence-electron chi connectivity index (χ0n) is 28.3. The van der Waals surface area contributed by atoms with Crippen LogP contribution in [0.2, 0.25) is 0 Å². The number of benzene rings is 2. The van der Waals surface area contributed by atoms with Gasteiger partial charge in [-0.05, 0) is 139 Å². The number of amides is 1. The molecular weight excluding hydrogens is 542 g/mol. The van der Waals surface area contributed by atoms with Gasteiger partial charge in [-0.3, -0.25) is 4.79 Å². The van der Waals surface area contributed by atoms with Crippen molar-refractivity contribution in [2.45, 2.75) is 122 Å². The maximum absolute atomic E-state index is 14.0. The van der Waals surface area contributed by atoms with Crippen molar-refractivity contribution in [1.82, 2.24) is 14.7 Å². The van der Waals surface area contributed by atoms with Crippen molar-refractivity contribution in [3.63, 3.8) is 0 Å². The summed E-state index contributed by atoms with van der Waals surface area (Å²) in [5.41, 5.74) is 5.45. The van der Waals surface area contributed by atoms with Gasteiger partial charge in [0, 0.05) is 24.5 Å². The highest BCUT2D eigenvalue weighted by atomic mass is 16.5. The molecule has 1 atom stereocenters. The minimum absolute atomic E-state index is 0.00529. The van der Waals surface area contributed by atoms with Crippen LogP contribution in [0, 0.1) is 0 Å². The van der Waals surface area contributed by atoms with E-state index in [2.05, 4.69) is 52.8 Å². The molecule has 3 heterocycles. The van der Waals surface area contributed by atoms with E-state index in [4.69, 9.17) is 4.74 Å². The standard InChI is InChI=1S/C39H59N3O2/c1-5-33-15-16-35(29-34(33)6-2)39(20-26-40-24-17-36(18-25-40)41-21-9-7-10-22-41)19-8-11-23-42(30-39)38(43)28-32-13-12-14-37(27-32)44-31(3)4/h12-16,27,29,31,36H,5-11,17-26,28,30H2,1-4H3/t39-/m1/s1. The van der Waals surface area contributed by atoms with E-state index in [-0.39, 0.29) is 17.4 Å². The van der Waals surface area contributed by atoms with E-state index in [0.717, 1.165) is 69.1 Å². The Kier molecular flexibility index (Phi) is 11.8. The molecular formula is C39H59N3O2. The van der Waals surface area contributed by atoms with Crippen molar-refractivity contribution in [1.29, 1.82) is 0 Å². The second-order valence-electron chi connectivity index (χ2n) is 14.2. The van der Waals surface area contributed by atoms with Crippen LogP contribution in [0.1, 0.15) is 108 Å². The first kappa shape index (κ1) is 33.0. The van der Waals surface area contributed by atoms with E-state index in [1.807, 2.05) is 32.0 Å². The Morgan fingerprint density at radius 1 is 0.886 bits per heavy atom. The molecule has 3 fully saturated rings. The fourth-order valence-corrected chi connectivity index (χ4v) is 8.17. The summed E-state index contributed by atoms with van der Waals surface area (Å²) >= 11 is 0. The van der Waals surface area contributed by atoms with Crippen LogP contribution in [0.4, 0.5) is 0 Å². The number of hydrogen-bond donors (Lipinski definition) is 0. The van der Waals surface area contributed by atoms with Gasteiger partial charge in [-0.15, -0.1) is 0 Å². The van der Waals surface area contributed by atoms with Crippen LogP contribution in [-0.4, -0.2) is 78.6 Å². The second-order valence-corrected chi connectivity index (χ2v) is 14.2. The quantitative estimate of drug-likeness (QED) is 0.268. The molecule has 5 nitrogen and oxygen atoms in total. The Morgan fingerprint density at radius 3 is 2.36 bits per heavy atom. The summed E-state index contributed by atoms with van der Waals surface area (Å²) in [6.45, 7) is 16.5. The minimum Gasteiger partial charge on any atom is -0.491 e. The molecule has 0 radical (unpaired) electrons. The second kappa shape index (κ2) is 15.8. The number of carbonyl (C=O) groups is 1. The number of rotatable bonds is 11. The Labute approximate surface area is 268 Å². The molecule has 0 N–H and O–H groups in total. The van der Waals surface area contributed by atoms with Crippen LogP contribution in [0.25, 0.3) is 0 Å². The van der Waals surface area contributed by atoms with E-state index in [1.54, 1.807) is 0 Å². The number of hydrogen-bond acceptors (Lipinski definition) is 4. The summed E-state index contributed by atoms with van der Waals surface area (Å²) in [4.78, 5) is 21.7. The van der Waals surface area contributed by atoms with E-state index in [9.17, 15) is 4.79 Å². The Balaban J connectivity index is 1.33. The van der Waals surface area contributed by atoms with Gasteiger partial charge < -0.3 is 19.4 Å². The number of nitrogens with zero attached hydrogens (tertiary/aromatic N) is 3. The molecule has 0 saturated carbocycles. The molecule has 3 saturated heterocycles. The lowest BCUT2D eigenvalue weighted by Gasteiger charge is -2.42. The van der Waals surface area contributed by atoms with E-state index < -0.39 is 0 Å². The van der Waals surface area contributed by atoms with Crippen molar-refractivity contribution in [3.05, 3.63) is 64.7 Å². The predicted molar refractivity (Wildman–Crippen MR) is 183 cm³/mol. The molecule has 0 aromatic heterocycles.